The van der Waals surface area contributed by atoms with Crippen molar-refractivity contribution in [2.75, 3.05) is 7.11 Å². The number of ether oxygens (including phenoxy) is 2. The molecule has 1 saturated carbocycles. The summed E-state index contributed by atoms with van der Waals surface area (Å²) in [5, 5.41) is 15.0. The number of benzene rings is 1. The molecule has 5 unspecified atom stereocenters. The van der Waals surface area contributed by atoms with Gasteiger partial charge in [-0.15, -0.1) is 0 Å². The molecule has 2 spiro atoms. The van der Waals surface area contributed by atoms with E-state index in [0.29, 0.717) is 11.5 Å². The summed E-state index contributed by atoms with van der Waals surface area (Å²) in [5.41, 5.74) is 0.352. The molecular formula is C17H15NO4. The number of rotatable bonds is 1. The van der Waals surface area contributed by atoms with Gasteiger partial charge in [0.1, 0.15) is 5.60 Å². The van der Waals surface area contributed by atoms with Crippen LogP contribution in [0.15, 0.2) is 24.3 Å². The smallest absolute Gasteiger partial charge is 0.196 e. The van der Waals surface area contributed by atoms with E-state index < -0.39 is 17.1 Å². The maximum atomic E-state index is 12.5. The van der Waals surface area contributed by atoms with Gasteiger partial charge in [0.2, 0.25) is 0 Å². The van der Waals surface area contributed by atoms with E-state index in [1.165, 1.54) is 11.6 Å². The molecule has 112 valence electrons. The molecule has 22 heavy (non-hydrogen) atoms. The van der Waals surface area contributed by atoms with Crippen LogP contribution in [-0.4, -0.2) is 41.3 Å². The second-order valence-electron chi connectivity index (χ2n) is 7.25. The lowest BCUT2D eigenvalue weighted by atomic mass is 9.59. The molecule has 2 N–H and O–H groups in total. The standard InChI is InChI=1S/C17H15NO4/c1-21-10-3-2-8-6-15-7-16-11(8)12(10)22-13(16)9(19)4-5-17(16,20)14(15)18-15/h2-5,13-14,18,20H,6-7H2,1H3. The molecule has 1 aromatic rings. The Morgan fingerprint density at radius 2 is 2.32 bits per heavy atom. The van der Waals surface area contributed by atoms with E-state index in [1.807, 2.05) is 6.07 Å². The van der Waals surface area contributed by atoms with Gasteiger partial charge in [-0.3, -0.25) is 4.79 Å². The van der Waals surface area contributed by atoms with E-state index in [9.17, 15) is 9.90 Å². The van der Waals surface area contributed by atoms with Crippen LogP contribution in [0.25, 0.3) is 0 Å². The normalized spacial score (nSPS) is 47.8. The molecule has 5 heteroatoms. The van der Waals surface area contributed by atoms with Gasteiger partial charge >= 0.3 is 0 Å². The highest BCUT2D eigenvalue weighted by Gasteiger charge is 2.84. The zero-order valence-corrected chi connectivity index (χ0v) is 12.1. The van der Waals surface area contributed by atoms with Gasteiger partial charge in [-0.25, -0.2) is 0 Å². The number of aliphatic hydroxyl groups is 1. The highest BCUT2D eigenvalue weighted by Crippen LogP contribution is 2.71. The first-order valence-corrected chi connectivity index (χ1v) is 7.66. The van der Waals surface area contributed by atoms with Crippen molar-refractivity contribution in [3.63, 3.8) is 0 Å². The first kappa shape index (κ1) is 11.7. The molecular weight excluding hydrogens is 282 g/mol. The largest absolute Gasteiger partial charge is 0.493 e. The second-order valence-corrected chi connectivity index (χ2v) is 7.25. The Morgan fingerprint density at radius 3 is 3.14 bits per heavy atom. The maximum Gasteiger partial charge on any atom is 0.196 e. The highest BCUT2D eigenvalue weighted by molar-refractivity contribution is 5.99. The topological polar surface area (TPSA) is 77.7 Å². The van der Waals surface area contributed by atoms with Crippen LogP contribution >= 0.6 is 0 Å². The lowest BCUT2D eigenvalue weighted by Crippen LogP contribution is -2.62. The van der Waals surface area contributed by atoms with Crippen LogP contribution in [0.2, 0.25) is 0 Å². The van der Waals surface area contributed by atoms with Crippen LogP contribution in [0.5, 0.6) is 11.5 Å². The van der Waals surface area contributed by atoms with E-state index in [-0.39, 0.29) is 17.4 Å². The molecule has 5 aliphatic rings. The molecule has 2 bridgehead atoms. The van der Waals surface area contributed by atoms with Crippen molar-refractivity contribution < 1.29 is 19.4 Å². The van der Waals surface area contributed by atoms with Gasteiger partial charge < -0.3 is 19.9 Å². The summed E-state index contributed by atoms with van der Waals surface area (Å²) in [6.45, 7) is 0. The molecule has 0 radical (unpaired) electrons. The number of fused-ring (bicyclic) bond motifs is 1. The first-order valence-electron chi connectivity index (χ1n) is 7.66. The summed E-state index contributed by atoms with van der Waals surface area (Å²) in [5.74, 6) is 1.23. The van der Waals surface area contributed by atoms with E-state index in [1.54, 1.807) is 13.2 Å². The lowest BCUT2D eigenvalue weighted by Gasteiger charge is -2.46. The SMILES string of the molecule is COc1ccc2c3c1OC1C(=O)C=CC4(O)C5NC5(C2)CC314. The van der Waals surface area contributed by atoms with Crippen molar-refractivity contribution >= 4 is 5.78 Å². The Labute approximate surface area is 126 Å². The minimum Gasteiger partial charge on any atom is -0.493 e. The Bertz CT molecular complexity index is 817. The van der Waals surface area contributed by atoms with Gasteiger partial charge in [-0.05, 0) is 36.6 Å². The molecule has 6 rings (SSSR count). The fourth-order valence-electron chi connectivity index (χ4n) is 5.68. The van der Waals surface area contributed by atoms with E-state index >= 15 is 0 Å². The van der Waals surface area contributed by atoms with E-state index in [2.05, 4.69) is 11.4 Å². The molecule has 5 nitrogen and oxygen atoms in total. The van der Waals surface area contributed by atoms with Crippen LogP contribution in [0, 0.1) is 0 Å². The van der Waals surface area contributed by atoms with Gasteiger partial charge in [-0.2, -0.15) is 0 Å². The van der Waals surface area contributed by atoms with Crippen molar-refractivity contribution in [1.29, 1.82) is 0 Å². The summed E-state index contributed by atoms with van der Waals surface area (Å²) >= 11 is 0. The fourth-order valence-corrected chi connectivity index (χ4v) is 5.68. The lowest BCUT2D eigenvalue weighted by molar-refractivity contribution is -0.130. The number of carbonyl (C=O) groups excluding carboxylic acids is 1. The minimum atomic E-state index is -1.06. The zero-order chi connectivity index (χ0) is 14.9. The summed E-state index contributed by atoms with van der Waals surface area (Å²) in [6, 6.07) is 3.95. The van der Waals surface area contributed by atoms with E-state index in [0.717, 1.165) is 18.4 Å². The van der Waals surface area contributed by atoms with E-state index in [4.69, 9.17) is 9.47 Å². The van der Waals surface area contributed by atoms with Gasteiger partial charge in [-0.1, -0.05) is 6.07 Å². The third-order valence-corrected chi connectivity index (χ3v) is 6.47. The highest BCUT2D eigenvalue weighted by atomic mass is 16.5. The Balaban J connectivity index is 1.76. The predicted molar refractivity (Wildman–Crippen MR) is 76.2 cm³/mol. The van der Waals surface area contributed by atoms with Crippen LogP contribution in [0.1, 0.15) is 17.5 Å². The quantitative estimate of drug-likeness (QED) is 0.726. The van der Waals surface area contributed by atoms with Gasteiger partial charge in [0.15, 0.2) is 23.4 Å². The number of piperidine rings is 1. The number of methoxy groups -OCH3 is 1. The fraction of sp³-hybridized carbons (Fsp3) is 0.471. The van der Waals surface area contributed by atoms with Crippen LogP contribution in [-0.2, 0) is 16.6 Å². The molecule has 2 aliphatic heterocycles. The van der Waals surface area contributed by atoms with Crippen molar-refractivity contribution in [3.05, 3.63) is 35.4 Å². The summed E-state index contributed by atoms with van der Waals surface area (Å²) in [7, 11) is 1.60. The van der Waals surface area contributed by atoms with Crippen LogP contribution in [0.3, 0.4) is 0 Å². The third kappa shape index (κ3) is 0.874. The monoisotopic (exact) mass is 297 g/mol. The molecule has 2 heterocycles. The van der Waals surface area contributed by atoms with Gasteiger partial charge in [0, 0.05) is 11.1 Å². The Hall–Kier alpha value is -1.85. The minimum absolute atomic E-state index is 0.000190. The summed E-state index contributed by atoms with van der Waals surface area (Å²) < 4.78 is 11.5. The summed E-state index contributed by atoms with van der Waals surface area (Å²) in [6.07, 6.45) is 4.16. The second kappa shape index (κ2) is 2.96. The first-order chi connectivity index (χ1) is 10.6. The molecule has 0 aromatic heterocycles. The van der Waals surface area contributed by atoms with Crippen molar-refractivity contribution in [2.24, 2.45) is 0 Å². The van der Waals surface area contributed by atoms with Crippen LogP contribution < -0.4 is 14.8 Å². The third-order valence-electron chi connectivity index (χ3n) is 6.47. The number of hydrogen-bond donors (Lipinski definition) is 2. The molecule has 1 saturated heterocycles. The van der Waals surface area contributed by atoms with Crippen LogP contribution in [0.4, 0.5) is 0 Å². The number of nitrogens with one attached hydrogen (secondary N) is 1. The average molecular weight is 297 g/mol. The predicted octanol–water partition coefficient (Wildman–Crippen LogP) is 0.234. The molecule has 2 fully saturated rings. The Kier molecular flexibility index (Phi) is 1.57. The maximum absolute atomic E-state index is 12.5. The number of carbonyl (C=O) groups is 1. The van der Waals surface area contributed by atoms with Gasteiger partial charge in [0.25, 0.3) is 0 Å². The Morgan fingerprint density at radius 1 is 1.45 bits per heavy atom. The van der Waals surface area contributed by atoms with Crippen molar-refractivity contribution in [1.82, 2.24) is 5.32 Å². The average Bonchev–Trinajstić information content (AvgIpc) is 3.01. The summed E-state index contributed by atoms with van der Waals surface area (Å²) in [4.78, 5) is 12.5. The number of hydrogen-bond acceptors (Lipinski definition) is 5. The zero-order valence-electron chi connectivity index (χ0n) is 12.1. The number of ketones is 1. The molecule has 1 aromatic carbocycles. The van der Waals surface area contributed by atoms with Crippen molar-refractivity contribution in [3.8, 4) is 11.5 Å². The molecule has 5 atom stereocenters. The van der Waals surface area contributed by atoms with Gasteiger partial charge in [0.05, 0.1) is 18.6 Å². The van der Waals surface area contributed by atoms with Crippen molar-refractivity contribution in [2.45, 2.75) is 41.5 Å². The molecule has 3 aliphatic carbocycles. The molecule has 0 amide bonds.